The van der Waals surface area contributed by atoms with Gasteiger partial charge in [0.25, 0.3) is 0 Å². The van der Waals surface area contributed by atoms with Crippen LogP contribution >= 0.6 is 0 Å². The standard InChI is InChI=1S/C10H20N2O2/c1-4-14-10(13)8-5-6-12(3)9(7-8)11-2/h8-9,11H,4-7H2,1-3H3. The van der Waals surface area contributed by atoms with E-state index in [0.717, 1.165) is 19.4 Å². The number of nitrogens with zero attached hydrogens (tertiary/aromatic N) is 1. The Bertz CT molecular complexity index is 197. The summed E-state index contributed by atoms with van der Waals surface area (Å²) in [5, 5.41) is 3.20. The molecule has 0 aromatic carbocycles. The van der Waals surface area contributed by atoms with Gasteiger partial charge in [-0.2, -0.15) is 0 Å². The van der Waals surface area contributed by atoms with E-state index in [9.17, 15) is 4.79 Å². The van der Waals surface area contributed by atoms with Gasteiger partial charge in [-0.05, 0) is 33.9 Å². The van der Waals surface area contributed by atoms with E-state index in [1.165, 1.54) is 0 Å². The minimum absolute atomic E-state index is 0.0409. The van der Waals surface area contributed by atoms with E-state index in [4.69, 9.17) is 4.74 Å². The first-order valence-electron chi connectivity index (χ1n) is 5.23. The normalized spacial score (nSPS) is 28.8. The van der Waals surface area contributed by atoms with Gasteiger partial charge in [-0.25, -0.2) is 0 Å². The van der Waals surface area contributed by atoms with Gasteiger partial charge in [0.15, 0.2) is 0 Å². The van der Waals surface area contributed by atoms with Gasteiger partial charge < -0.3 is 10.1 Å². The Morgan fingerprint density at radius 1 is 1.64 bits per heavy atom. The molecular weight excluding hydrogens is 180 g/mol. The molecule has 1 rings (SSSR count). The van der Waals surface area contributed by atoms with Crippen molar-refractivity contribution in [3.8, 4) is 0 Å². The largest absolute Gasteiger partial charge is 0.466 e. The minimum atomic E-state index is -0.0409. The Kier molecular flexibility index (Phi) is 4.35. The molecule has 2 unspecified atom stereocenters. The Morgan fingerprint density at radius 2 is 2.36 bits per heavy atom. The molecule has 0 bridgehead atoms. The highest BCUT2D eigenvalue weighted by Gasteiger charge is 2.30. The average molecular weight is 200 g/mol. The van der Waals surface area contributed by atoms with Crippen molar-refractivity contribution in [3.63, 3.8) is 0 Å². The molecule has 2 atom stereocenters. The second kappa shape index (κ2) is 5.32. The van der Waals surface area contributed by atoms with Crippen LogP contribution in [0.3, 0.4) is 0 Å². The lowest BCUT2D eigenvalue weighted by Gasteiger charge is -2.35. The highest BCUT2D eigenvalue weighted by atomic mass is 16.5. The summed E-state index contributed by atoms with van der Waals surface area (Å²) < 4.78 is 5.02. The molecule has 4 heteroatoms. The summed E-state index contributed by atoms with van der Waals surface area (Å²) in [6, 6.07) is 0. The van der Waals surface area contributed by atoms with E-state index >= 15 is 0 Å². The van der Waals surface area contributed by atoms with Crippen LogP contribution in [-0.4, -0.2) is 44.3 Å². The van der Waals surface area contributed by atoms with Crippen LogP contribution in [0.4, 0.5) is 0 Å². The molecule has 0 saturated carbocycles. The number of rotatable bonds is 3. The van der Waals surface area contributed by atoms with E-state index in [1.807, 2.05) is 14.0 Å². The Hall–Kier alpha value is -0.610. The maximum absolute atomic E-state index is 11.5. The van der Waals surface area contributed by atoms with E-state index in [0.29, 0.717) is 12.8 Å². The van der Waals surface area contributed by atoms with Gasteiger partial charge in [0, 0.05) is 6.54 Å². The third-order valence-corrected chi connectivity index (χ3v) is 2.82. The highest BCUT2D eigenvalue weighted by molar-refractivity contribution is 5.72. The maximum atomic E-state index is 11.5. The van der Waals surface area contributed by atoms with Crippen molar-refractivity contribution in [1.82, 2.24) is 10.2 Å². The first-order valence-corrected chi connectivity index (χ1v) is 5.23. The number of hydrogen-bond donors (Lipinski definition) is 1. The summed E-state index contributed by atoms with van der Waals surface area (Å²) in [6.45, 7) is 3.28. The fourth-order valence-corrected chi connectivity index (χ4v) is 1.90. The van der Waals surface area contributed by atoms with Gasteiger partial charge in [0.1, 0.15) is 0 Å². The molecule has 0 radical (unpaired) electrons. The molecule has 0 spiro atoms. The van der Waals surface area contributed by atoms with Gasteiger partial charge in [-0.15, -0.1) is 0 Å². The van der Waals surface area contributed by atoms with E-state index in [2.05, 4.69) is 17.3 Å². The molecule has 4 nitrogen and oxygen atoms in total. The minimum Gasteiger partial charge on any atom is -0.466 e. The van der Waals surface area contributed by atoms with Crippen LogP contribution in [0, 0.1) is 5.92 Å². The van der Waals surface area contributed by atoms with Crippen LogP contribution in [-0.2, 0) is 9.53 Å². The number of esters is 1. The molecule has 1 aliphatic heterocycles. The van der Waals surface area contributed by atoms with E-state index in [1.54, 1.807) is 0 Å². The van der Waals surface area contributed by atoms with Crippen molar-refractivity contribution >= 4 is 5.97 Å². The van der Waals surface area contributed by atoms with Crippen LogP contribution in [0.15, 0.2) is 0 Å². The molecule has 14 heavy (non-hydrogen) atoms. The summed E-state index contributed by atoms with van der Waals surface area (Å²) in [5.41, 5.74) is 0. The topological polar surface area (TPSA) is 41.6 Å². The van der Waals surface area contributed by atoms with Crippen molar-refractivity contribution < 1.29 is 9.53 Å². The molecule has 0 aromatic heterocycles. The fraction of sp³-hybridized carbons (Fsp3) is 0.900. The predicted molar refractivity (Wildman–Crippen MR) is 54.8 cm³/mol. The Labute approximate surface area is 85.6 Å². The van der Waals surface area contributed by atoms with E-state index in [-0.39, 0.29) is 11.9 Å². The lowest BCUT2D eigenvalue weighted by molar-refractivity contribution is -0.150. The van der Waals surface area contributed by atoms with Crippen LogP contribution in [0.5, 0.6) is 0 Å². The lowest BCUT2D eigenvalue weighted by atomic mass is 9.95. The summed E-state index contributed by atoms with van der Waals surface area (Å²) in [6.07, 6.45) is 2.07. The van der Waals surface area contributed by atoms with E-state index < -0.39 is 0 Å². The van der Waals surface area contributed by atoms with Gasteiger partial charge in [-0.3, -0.25) is 9.69 Å². The molecule has 0 aliphatic carbocycles. The Balaban J connectivity index is 2.45. The van der Waals surface area contributed by atoms with Gasteiger partial charge in [0.05, 0.1) is 18.7 Å². The molecule has 1 heterocycles. The van der Waals surface area contributed by atoms with Crippen molar-refractivity contribution in [1.29, 1.82) is 0 Å². The van der Waals surface area contributed by atoms with Crippen molar-refractivity contribution in [2.75, 3.05) is 27.2 Å². The molecule has 0 amide bonds. The number of nitrogens with one attached hydrogen (secondary N) is 1. The molecule has 1 saturated heterocycles. The molecule has 1 fully saturated rings. The zero-order valence-electron chi connectivity index (χ0n) is 9.25. The number of hydrogen-bond acceptors (Lipinski definition) is 4. The number of carbonyl (C=O) groups excluding carboxylic acids is 1. The molecule has 1 aliphatic rings. The van der Waals surface area contributed by atoms with Gasteiger partial charge >= 0.3 is 5.97 Å². The zero-order valence-corrected chi connectivity index (χ0v) is 9.25. The fourth-order valence-electron chi connectivity index (χ4n) is 1.90. The first kappa shape index (κ1) is 11.5. The molecule has 82 valence electrons. The summed E-state index contributed by atoms with van der Waals surface area (Å²) >= 11 is 0. The van der Waals surface area contributed by atoms with Gasteiger partial charge in [0.2, 0.25) is 0 Å². The molecule has 0 aromatic rings. The van der Waals surface area contributed by atoms with Crippen LogP contribution in [0.2, 0.25) is 0 Å². The SMILES string of the molecule is CCOC(=O)C1CCN(C)C(NC)C1. The number of ether oxygens (including phenoxy) is 1. The predicted octanol–water partition coefficient (Wildman–Crippen LogP) is 0.437. The lowest BCUT2D eigenvalue weighted by Crippen LogP contribution is -2.48. The maximum Gasteiger partial charge on any atom is 0.309 e. The number of likely N-dealkylation sites (tertiary alicyclic amines) is 1. The molecule has 1 N–H and O–H groups in total. The van der Waals surface area contributed by atoms with Crippen LogP contribution in [0.25, 0.3) is 0 Å². The Morgan fingerprint density at radius 3 is 2.93 bits per heavy atom. The average Bonchev–Trinajstić information content (AvgIpc) is 2.19. The second-order valence-corrected chi connectivity index (χ2v) is 3.76. The third-order valence-electron chi connectivity index (χ3n) is 2.82. The van der Waals surface area contributed by atoms with Crippen molar-refractivity contribution in [3.05, 3.63) is 0 Å². The summed E-state index contributed by atoms with van der Waals surface area (Å²) in [5.74, 6) is 0.0319. The van der Waals surface area contributed by atoms with Crippen molar-refractivity contribution in [2.45, 2.75) is 25.9 Å². The molecular formula is C10H20N2O2. The van der Waals surface area contributed by atoms with Crippen LogP contribution in [0.1, 0.15) is 19.8 Å². The van der Waals surface area contributed by atoms with Crippen LogP contribution < -0.4 is 5.32 Å². The first-order chi connectivity index (χ1) is 6.69. The second-order valence-electron chi connectivity index (χ2n) is 3.76. The van der Waals surface area contributed by atoms with Crippen molar-refractivity contribution in [2.24, 2.45) is 5.92 Å². The number of carbonyl (C=O) groups is 1. The quantitative estimate of drug-likeness (QED) is 0.671. The monoisotopic (exact) mass is 200 g/mol. The third kappa shape index (κ3) is 2.69. The zero-order chi connectivity index (χ0) is 10.6. The summed E-state index contributed by atoms with van der Waals surface area (Å²) in [7, 11) is 4.00. The smallest absolute Gasteiger partial charge is 0.309 e. The summed E-state index contributed by atoms with van der Waals surface area (Å²) in [4.78, 5) is 13.7. The highest BCUT2D eigenvalue weighted by Crippen LogP contribution is 2.21. The number of piperidine rings is 1. The van der Waals surface area contributed by atoms with Gasteiger partial charge in [-0.1, -0.05) is 0 Å².